The number of hydrogen-bond donors (Lipinski definition) is 1. The molecule has 0 aromatic heterocycles. The molecule has 1 N–H and O–H groups in total. The van der Waals surface area contributed by atoms with Crippen LogP contribution in [0.25, 0.3) is 0 Å². The van der Waals surface area contributed by atoms with Crippen molar-refractivity contribution < 1.29 is 23.1 Å². The summed E-state index contributed by atoms with van der Waals surface area (Å²) < 4.78 is 34.8. The second-order valence-electron chi connectivity index (χ2n) is 9.63. The predicted octanol–water partition coefficient (Wildman–Crippen LogP) is 3.26. The molecule has 7 nitrogen and oxygen atoms in total. The van der Waals surface area contributed by atoms with Crippen LogP contribution in [0.15, 0.2) is 23.1 Å². The number of aliphatic hydroxyl groups is 1. The number of likely N-dealkylation sites (N-methyl/N-ethyl adjacent to an activating group) is 1. The van der Waals surface area contributed by atoms with Crippen LogP contribution in [0.5, 0.6) is 5.75 Å². The van der Waals surface area contributed by atoms with Crippen LogP contribution in [0.4, 0.5) is 0 Å². The molecule has 0 spiro atoms. The van der Waals surface area contributed by atoms with E-state index in [0.29, 0.717) is 24.4 Å². The third-order valence-electron chi connectivity index (χ3n) is 6.87. The second-order valence-corrected chi connectivity index (χ2v) is 11.5. The first-order chi connectivity index (χ1) is 16.2. The molecule has 0 radical (unpaired) electrons. The fourth-order valence-corrected chi connectivity index (χ4v) is 6.42. The zero-order valence-corrected chi connectivity index (χ0v) is 21.6. The Bertz CT molecular complexity index is 1020. The zero-order chi connectivity index (χ0) is 24.9. The van der Waals surface area contributed by atoms with Gasteiger partial charge in [0.1, 0.15) is 16.7 Å². The lowest BCUT2D eigenvalue weighted by molar-refractivity contribution is -0.131. The van der Waals surface area contributed by atoms with Crippen LogP contribution in [0.1, 0.15) is 64.9 Å². The van der Waals surface area contributed by atoms with E-state index in [1.165, 1.54) is 23.6 Å². The van der Waals surface area contributed by atoms with Gasteiger partial charge in [-0.1, -0.05) is 45.0 Å². The molecule has 0 unspecified atom stereocenters. The number of benzene rings is 1. The minimum absolute atomic E-state index is 0.00149. The number of amides is 1. The summed E-state index contributed by atoms with van der Waals surface area (Å²) >= 11 is 0. The number of aliphatic hydroxyl groups excluding tert-OH is 1. The molecule has 1 aliphatic heterocycles. The van der Waals surface area contributed by atoms with Gasteiger partial charge in [0.15, 0.2) is 0 Å². The Labute approximate surface area is 204 Å². The quantitative estimate of drug-likeness (QED) is 0.641. The number of sulfonamides is 1. The van der Waals surface area contributed by atoms with Crippen molar-refractivity contribution >= 4 is 15.9 Å². The van der Waals surface area contributed by atoms with Gasteiger partial charge in [0.25, 0.3) is 0 Å². The van der Waals surface area contributed by atoms with E-state index in [2.05, 4.69) is 11.8 Å². The van der Waals surface area contributed by atoms with E-state index >= 15 is 0 Å². The summed E-state index contributed by atoms with van der Waals surface area (Å²) in [6, 6.07) is 4.40. The largest absolute Gasteiger partial charge is 0.487 e. The molecule has 1 fully saturated rings. The van der Waals surface area contributed by atoms with Crippen LogP contribution >= 0.6 is 0 Å². The van der Waals surface area contributed by atoms with E-state index in [1.54, 1.807) is 37.1 Å². The standard InChI is InChI=1S/C26H38N2O5S/c1-5-26(30)27(4)17-24-19(2)16-28(20(3)18-29)34(31,32)25-14-13-22(15-23(25)33-24)12-11-21-9-7-6-8-10-21/h13-15,19-21,24,29H,5-10,16-18H2,1-4H3/t19-,20-,24-/m1/s1. The molecule has 3 atom stereocenters. The predicted molar refractivity (Wildman–Crippen MR) is 132 cm³/mol. The minimum Gasteiger partial charge on any atom is -0.487 e. The van der Waals surface area contributed by atoms with Crippen LogP contribution in [-0.4, -0.2) is 67.5 Å². The van der Waals surface area contributed by atoms with Gasteiger partial charge in [-0.05, 0) is 38.0 Å². The number of hydrogen-bond acceptors (Lipinski definition) is 5. The van der Waals surface area contributed by atoms with Crippen molar-refractivity contribution in [3.8, 4) is 17.6 Å². The summed E-state index contributed by atoms with van der Waals surface area (Å²) in [6.45, 7) is 5.66. The fraction of sp³-hybridized carbons (Fsp3) is 0.654. The van der Waals surface area contributed by atoms with Crippen molar-refractivity contribution in [2.75, 3.05) is 26.7 Å². The maximum Gasteiger partial charge on any atom is 0.247 e. The average Bonchev–Trinajstić information content (AvgIpc) is 2.84. The summed E-state index contributed by atoms with van der Waals surface area (Å²) in [5.41, 5.74) is 0.714. The summed E-state index contributed by atoms with van der Waals surface area (Å²) in [5.74, 6) is 7.00. The Kier molecular flexibility index (Phi) is 9.02. The van der Waals surface area contributed by atoms with Crippen molar-refractivity contribution in [2.45, 2.75) is 76.3 Å². The van der Waals surface area contributed by atoms with Crippen molar-refractivity contribution in [1.82, 2.24) is 9.21 Å². The van der Waals surface area contributed by atoms with E-state index in [4.69, 9.17) is 4.74 Å². The van der Waals surface area contributed by atoms with Gasteiger partial charge in [-0.15, -0.1) is 0 Å². The van der Waals surface area contributed by atoms with E-state index in [-0.39, 0.29) is 35.6 Å². The maximum atomic E-state index is 13.6. The van der Waals surface area contributed by atoms with Gasteiger partial charge in [-0.2, -0.15) is 4.31 Å². The molecule has 8 heteroatoms. The molecule has 1 aromatic rings. The Morgan fingerprint density at radius 1 is 1.29 bits per heavy atom. The smallest absolute Gasteiger partial charge is 0.247 e. The number of carbonyl (C=O) groups excluding carboxylic acids is 1. The third-order valence-corrected chi connectivity index (χ3v) is 8.89. The lowest BCUT2D eigenvalue weighted by Crippen LogP contribution is -2.50. The molecular weight excluding hydrogens is 452 g/mol. The highest BCUT2D eigenvalue weighted by atomic mass is 32.2. The number of carbonyl (C=O) groups is 1. The van der Waals surface area contributed by atoms with Crippen molar-refractivity contribution in [1.29, 1.82) is 0 Å². The van der Waals surface area contributed by atoms with Crippen molar-refractivity contribution in [3.05, 3.63) is 23.8 Å². The fourth-order valence-electron chi connectivity index (χ4n) is 4.60. The third kappa shape index (κ3) is 6.12. The van der Waals surface area contributed by atoms with Crippen LogP contribution in [0.3, 0.4) is 0 Å². The van der Waals surface area contributed by atoms with Crippen LogP contribution < -0.4 is 4.74 Å². The Morgan fingerprint density at radius 2 is 2.00 bits per heavy atom. The van der Waals surface area contributed by atoms with E-state index in [9.17, 15) is 18.3 Å². The molecular formula is C26H38N2O5S. The van der Waals surface area contributed by atoms with Gasteiger partial charge in [0.05, 0.1) is 13.2 Å². The molecule has 188 valence electrons. The molecule has 1 aliphatic carbocycles. The van der Waals surface area contributed by atoms with Crippen molar-refractivity contribution in [3.63, 3.8) is 0 Å². The normalized spacial score (nSPS) is 23.9. The summed E-state index contributed by atoms with van der Waals surface area (Å²) in [5, 5.41) is 9.76. The molecule has 0 bridgehead atoms. The number of ether oxygens (including phenoxy) is 1. The monoisotopic (exact) mass is 490 g/mol. The summed E-state index contributed by atoms with van der Waals surface area (Å²) in [4.78, 5) is 13.9. The van der Waals surface area contributed by atoms with Crippen LogP contribution in [0.2, 0.25) is 0 Å². The van der Waals surface area contributed by atoms with Gasteiger partial charge >= 0.3 is 0 Å². The Hall–Kier alpha value is -2.08. The number of fused-ring (bicyclic) bond motifs is 1. The van der Waals surface area contributed by atoms with E-state index < -0.39 is 22.2 Å². The average molecular weight is 491 g/mol. The second kappa shape index (κ2) is 11.6. The molecule has 1 amide bonds. The molecule has 3 rings (SSSR count). The highest BCUT2D eigenvalue weighted by molar-refractivity contribution is 7.89. The Balaban J connectivity index is 2.01. The van der Waals surface area contributed by atoms with Gasteiger partial charge in [-0.25, -0.2) is 8.42 Å². The first-order valence-electron chi connectivity index (χ1n) is 12.4. The lowest BCUT2D eigenvalue weighted by atomic mass is 9.90. The molecule has 1 heterocycles. The van der Waals surface area contributed by atoms with Crippen LogP contribution in [-0.2, 0) is 14.8 Å². The summed E-state index contributed by atoms with van der Waals surface area (Å²) in [7, 11) is -2.16. The number of rotatable bonds is 5. The van der Waals surface area contributed by atoms with Gasteiger partial charge in [0, 0.05) is 43.5 Å². The van der Waals surface area contributed by atoms with Gasteiger partial charge < -0.3 is 14.7 Å². The van der Waals surface area contributed by atoms with E-state index in [1.807, 2.05) is 13.8 Å². The SMILES string of the molecule is CCC(=O)N(C)C[C@H]1Oc2cc(C#CC3CCCCC3)ccc2S(=O)(=O)N([C@H](C)CO)C[C@H]1C. The molecule has 0 saturated heterocycles. The maximum absolute atomic E-state index is 13.6. The molecule has 1 aromatic carbocycles. The first kappa shape index (κ1) is 26.5. The van der Waals surface area contributed by atoms with Crippen LogP contribution in [0, 0.1) is 23.7 Å². The highest BCUT2D eigenvalue weighted by Crippen LogP contribution is 2.34. The zero-order valence-electron chi connectivity index (χ0n) is 20.8. The molecule has 1 saturated carbocycles. The van der Waals surface area contributed by atoms with Gasteiger partial charge in [-0.3, -0.25) is 4.79 Å². The minimum atomic E-state index is -3.89. The number of nitrogens with zero attached hydrogens (tertiary/aromatic N) is 2. The highest BCUT2D eigenvalue weighted by Gasteiger charge is 2.38. The topological polar surface area (TPSA) is 87.2 Å². The summed E-state index contributed by atoms with van der Waals surface area (Å²) in [6.07, 6.45) is 5.85. The Morgan fingerprint density at radius 3 is 2.65 bits per heavy atom. The lowest BCUT2D eigenvalue weighted by Gasteiger charge is -2.37. The van der Waals surface area contributed by atoms with Gasteiger partial charge in [0.2, 0.25) is 15.9 Å². The molecule has 34 heavy (non-hydrogen) atoms. The molecule has 2 aliphatic rings. The first-order valence-corrected chi connectivity index (χ1v) is 13.8. The van der Waals surface area contributed by atoms with E-state index in [0.717, 1.165) is 12.8 Å². The van der Waals surface area contributed by atoms with Crippen molar-refractivity contribution in [2.24, 2.45) is 11.8 Å².